The Hall–Kier alpha value is -0.200. The Balaban J connectivity index is 2.86. The van der Waals surface area contributed by atoms with Crippen molar-refractivity contribution in [3.63, 3.8) is 0 Å². The molecule has 3 N–H and O–H groups in total. The van der Waals surface area contributed by atoms with Crippen LogP contribution in [0.1, 0.15) is 19.5 Å². The second kappa shape index (κ2) is 7.18. The second-order valence-corrected chi connectivity index (χ2v) is 10.0. The van der Waals surface area contributed by atoms with Gasteiger partial charge in [-0.1, -0.05) is 6.07 Å². The van der Waals surface area contributed by atoms with Crippen LogP contribution in [0.2, 0.25) is 0 Å². The summed E-state index contributed by atoms with van der Waals surface area (Å²) in [7, 11) is -9.24. The average Bonchev–Trinajstić information content (AvgIpc) is 2.26. The highest BCUT2D eigenvalue weighted by molar-refractivity contribution is 8.11. The van der Waals surface area contributed by atoms with Gasteiger partial charge in [-0.05, 0) is 26.0 Å². The average molecular weight is 341 g/mol. The summed E-state index contributed by atoms with van der Waals surface area (Å²) in [6.07, 6.45) is 0.918. The van der Waals surface area contributed by atoms with Gasteiger partial charge in [0.1, 0.15) is 0 Å². The van der Waals surface area contributed by atoms with E-state index in [4.69, 9.17) is 4.52 Å². The first-order chi connectivity index (χ1) is 9.13. The van der Waals surface area contributed by atoms with Crippen molar-refractivity contribution < 1.29 is 28.3 Å². The number of rotatable bonds is 7. The molecule has 114 valence electrons. The lowest BCUT2D eigenvalue weighted by Gasteiger charge is -2.24. The minimum absolute atomic E-state index is 0.0998. The monoisotopic (exact) mass is 341 g/mol. The van der Waals surface area contributed by atoms with Crippen molar-refractivity contribution in [3.8, 4) is 0 Å². The van der Waals surface area contributed by atoms with E-state index in [-0.39, 0.29) is 5.75 Å². The van der Waals surface area contributed by atoms with Crippen LogP contribution < -0.4 is 0 Å². The number of nitrogens with zero attached hydrogens (tertiary/aromatic N) is 1. The van der Waals surface area contributed by atoms with E-state index >= 15 is 0 Å². The van der Waals surface area contributed by atoms with E-state index in [0.717, 1.165) is 0 Å². The van der Waals surface area contributed by atoms with Crippen LogP contribution in [-0.4, -0.2) is 30.5 Å². The van der Waals surface area contributed by atoms with Gasteiger partial charge in [0.25, 0.3) is 0 Å². The molecule has 1 rings (SSSR count). The van der Waals surface area contributed by atoms with Gasteiger partial charge in [-0.3, -0.25) is 14.1 Å². The lowest BCUT2D eigenvalue weighted by Crippen LogP contribution is -2.11. The van der Waals surface area contributed by atoms with Crippen LogP contribution >= 0.6 is 27.0 Å². The summed E-state index contributed by atoms with van der Waals surface area (Å²) in [4.78, 5) is 32.3. The molecule has 0 spiro atoms. The molecule has 0 aliphatic carbocycles. The van der Waals surface area contributed by atoms with Crippen molar-refractivity contribution in [1.82, 2.24) is 4.98 Å². The predicted octanol–water partition coefficient (Wildman–Crippen LogP) is 2.39. The normalized spacial score (nSPS) is 16.9. The van der Waals surface area contributed by atoms with Gasteiger partial charge < -0.3 is 19.2 Å². The first-order valence-corrected chi connectivity index (χ1v) is 10.1. The summed E-state index contributed by atoms with van der Waals surface area (Å²) in [5.74, 6) is 0.0998. The van der Waals surface area contributed by atoms with Crippen molar-refractivity contribution in [3.05, 3.63) is 30.1 Å². The Morgan fingerprint density at radius 3 is 2.40 bits per heavy atom. The van der Waals surface area contributed by atoms with Crippen molar-refractivity contribution in [2.45, 2.75) is 30.4 Å². The lowest BCUT2D eigenvalue weighted by atomic mass is 10.4. The van der Waals surface area contributed by atoms with E-state index in [9.17, 15) is 23.8 Å². The molecule has 1 aromatic heterocycles. The van der Waals surface area contributed by atoms with Crippen LogP contribution in [0.3, 0.4) is 0 Å². The molecule has 1 heterocycles. The third-order valence-electron chi connectivity index (χ3n) is 2.04. The maximum Gasteiger partial charge on any atom is 0.353 e. The molecular weight excluding hydrogens is 324 g/mol. The van der Waals surface area contributed by atoms with Crippen molar-refractivity contribution in [2.24, 2.45) is 0 Å². The molecule has 0 saturated carbocycles. The van der Waals surface area contributed by atoms with E-state index in [1.807, 2.05) is 0 Å². The van der Waals surface area contributed by atoms with Crippen molar-refractivity contribution in [1.29, 1.82) is 0 Å². The lowest BCUT2D eigenvalue weighted by molar-refractivity contribution is 0.204. The van der Waals surface area contributed by atoms with Gasteiger partial charge >= 0.3 is 15.2 Å². The number of thioether (sulfide) groups is 1. The molecule has 7 nitrogen and oxygen atoms in total. The minimum atomic E-state index is -4.79. The van der Waals surface area contributed by atoms with Crippen LogP contribution in [0.25, 0.3) is 0 Å². The SMILES string of the molecule is CC(C)OP(=O)(O)[C@@H](SCc1ccccn1)P(=O)(O)O. The zero-order valence-corrected chi connectivity index (χ0v) is 13.6. The van der Waals surface area contributed by atoms with Gasteiger partial charge in [0.15, 0.2) is 0 Å². The van der Waals surface area contributed by atoms with E-state index in [2.05, 4.69) is 4.98 Å². The highest BCUT2D eigenvalue weighted by Gasteiger charge is 2.46. The first kappa shape index (κ1) is 17.9. The highest BCUT2D eigenvalue weighted by atomic mass is 32.2. The summed E-state index contributed by atoms with van der Waals surface area (Å²) < 4.78 is 26.4. The van der Waals surface area contributed by atoms with Gasteiger partial charge in [0.2, 0.25) is 4.73 Å². The Labute approximate surface area is 121 Å². The van der Waals surface area contributed by atoms with Gasteiger partial charge in [-0.25, -0.2) is 0 Å². The summed E-state index contributed by atoms with van der Waals surface area (Å²) >= 11 is 0.667. The van der Waals surface area contributed by atoms with E-state index in [1.54, 1.807) is 18.2 Å². The molecule has 20 heavy (non-hydrogen) atoms. The largest absolute Gasteiger partial charge is 0.353 e. The Bertz CT molecular complexity index is 520. The minimum Gasteiger partial charge on any atom is -0.323 e. The summed E-state index contributed by atoms with van der Waals surface area (Å²) in [5, 5.41) is 0. The Morgan fingerprint density at radius 1 is 1.30 bits per heavy atom. The van der Waals surface area contributed by atoms with Crippen LogP contribution in [-0.2, 0) is 19.4 Å². The fourth-order valence-corrected chi connectivity index (χ4v) is 6.39. The summed E-state index contributed by atoms with van der Waals surface area (Å²) in [5.41, 5.74) is 0.556. The standard InChI is InChI=1S/C10H17NO6P2S/c1-8(2)17-19(15,16)10(18(12,13)14)20-7-9-5-3-4-6-11-9/h3-6,8,10H,7H2,1-2H3,(H,15,16)(H2,12,13,14)/t10-/m0/s1. The Morgan fingerprint density at radius 2 is 1.95 bits per heavy atom. The molecule has 0 amide bonds. The molecule has 0 aromatic carbocycles. The Kier molecular flexibility index (Phi) is 6.41. The van der Waals surface area contributed by atoms with Gasteiger partial charge in [0, 0.05) is 11.9 Å². The smallest absolute Gasteiger partial charge is 0.323 e. The first-order valence-electron chi connectivity index (χ1n) is 5.70. The molecule has 1 aromatic rings. The predicted molar refractivity (Wildman–Crippen MR) is 77.4 cm³/mol. The molecule has 10 heteroatoms. The molecule has 0 fully saturated rings. The number of aromatic nitrogens is 1. The molecule has 0 aliphatic rings. The quantitative estimate of drug-likeness (QED) is 0.647. The zero-order valence-electron chi connectivity index (χ0n) is 11.0. The van der Waals surface area contributed by atoms with Crippen molar-refractivity contribution in [2.75, 3.05) is 0 Å². The maximum absolute atomic E-state index is 12.0. The molecule has 0 bridgehead atoms. The van der Waals surface area contributed by atoms with Crippen LogP contribution in [0.4, 0.5) is 0 Å². The van der Waals surface area contributed by atoms with E-state index in [1.165, 1.54) is 20.0 Å². The third kappa shape index (κ3) is 5.66. The summed E-state index contributed by atoms with van der Waals surface area (Å²) in [6, 6.07) is 5.08. The van der Waals surface area contributed by atoms with Gasteiger partial charge in [-0.15, -0.1) is 11.8 Å². The molecular formula is C10H17NO6P2S. The number of hydrogen-bond acceptors (Lipinski definition) is 5. The zero-order chi connectivity index (χ0) is 15.4. The number of pyridine rings is 1. The number of hydrogen-bond donors (Lipinski definition) is 3. The molecule has 0 radical (unpaired) electrons. The van der Waals surface area contributed by atoms with Gasteiger partial charge in [0.05, 0.1) is 11.8 Å². The van der Waals surface area contributed by atoms with Crippen LogP contribution in [0.5, 0.6) is 0 Å². The molecule has 2 atom stereocenters. The van der Waals surface area contributed by atoms with Crippen molar-refractivity contribution >= 4 is 27.0 Å². The summed E-state index contributed by atoms with van der Waals surface area (Å²) in [6.45, 7) is 3.03. The van der Waals surface area contributed by atoms with E-state index < -0.39 is 26.0 Å². The van der Waals surface area contributed by atoms with Crippen LogP contribution in [0, 0.1) is 0 Å². The maximum atomic E-state index is 12.0. The van der Waals surface area contributed by atoms with Gasteiger partial charge in [-0.2, -0.15) is 0 Å². The van der Waals surface area contributed by atoms with E-state index in [0.29, 0.717) is 17.5 Å². The topological polar surface area (TPSA) is 117 Å². The molecule has 1 unspecified atom stereocenters. The molecule has 0 aliphatic heterocycles. The highest BCUT2D eigenvalue weighted by Crippen LogP contribution is 2.67. The fraction of sp³-hybridized carbons (Fsp3) is 0.500. The third-order valence-corrected chi connectivity index (χ3v) is 8.95. The molecule has 0 saturated heterocycles. The fourth-order valence-electron chi connectivity index (χ4n) is 1.38. The van der Waals surface area contributed by atoms with Crippen LogP contribution in [0.15, 0.2) is 24.4 Å². The second-order valence-electron chi connectivity index (χ2n) is 4.27.